The van der Waals surface area contributed by atoms with Crippen molar-refractivity contribution in [2.45, 2.75) is 32.2 Å². The minimum absolute atomic E-state index is 0.279. The molecule has 1 aromatic heterocycles. The Morgan fingerprint density at radius 3 is 2.66 bits per heavy atom. The van der Waals surface area contributed by atoms with E-state index in [1.54, 1.807) is 12.1 Å². The van der Waals surface area contributed by atoms with Crippen LogP contribution in [0.25, 0.3) is 5.69 Å². The topological polar surface area (TPSA) is 71.4 Å². The SMILES string of the molecule is Cc1cc(C(=O)CN2C(=O)N[C@@]3(CCc4ccccc43)C2=O)c(C)n1-c1cccc(Cl)c1. The number of halogens is 1. The van der Waals surface area contributed by atoms with Crippen molar-refractivity contribution in [2.24, 2.45) is 0 Å². The van der Waals surface area contributed by atoms with E-state index in [1.165, 1.54) is 0 Å². The Morgan fingerprint density at radius 1 is 1.09 bits per heavy atom. The molecule has 162 valence electrons. The van der Waals surface area contributed by atoms with Crippen molar-refractivity contribution in [3.05, 3.63) is 87.7 Å². The average molecular weight is 448 g/mol. The first-order valence-corrected chi connectivity index (χ1v) is 10.9. The maximum atomic E-state index is 13.4. The smallest absolute Gasteiger partial charge is 0.319 e. The Bertz CT molecular complexity index is 1300. The van der Waals surface area contributed by atoms with Gasteiger partial charge in [0, 0.05) is 27.7 Å². The number of carbonyl (C=O) groups is 3. The first-order valence-electron chi connectivity index (χ1n) is 10.5. The van der Waals surface area contributed by atoms with Gasteiger partial charge in [-0.2, -0.15) is 0 Å². The van der Waals surface area contributed by atoms with E-state index in [1.807, 2.05) is 60.9 Å². The second-order valence-electron chi connectivity index (χ2n) is 8.41. The Kier molecular flexibility index (Phi) is 4.71. The third-order valence-electron chi connectivity index (χ3n) is 6.52. The standard InChI is InChI=1S/C25H22ClN3O3/c1-15-12-20(16(2)29(15)19-8-5-7-18(26)13-19)22(30)14-28-23(31)25(27-24(28)32)11-10-17-6-3-4-9-21(17)25/h3-9,12-13H,10-11,14H2,1-2H3,(H,27,32)/t25-/m1/s1. The highest BCUT2D eigenvalue weighted by molar-refractivity contribution is 6.30. The highest BCUT2D eigenvalue weighted by Gasteiger charge is 2.55. The molecule has 3 aromatic rings. The number of aryl methyl sites for hydroxylation is 2. The van der Waals surface area contributed by atoms with Crippen molar-refractivity contribution in [3.63, 3.8) is 0 Å². The summed E-state index contributed by atoms with van der Waals surface area (Å²) in [5.74, 6) is -0.636. The quantitative estimate of drug-likeness (QED) is 0.478. The lowest BCUT2D eigenvalue weighted by atomic mass is 9.92. The number of nitrogens with one attached hydrogen (secondary N) is 1. The van der Waals surface area contributed by atoms with Crippen LogP contribution in [0.3, 0.4) is 0 Å². The van der Waals surface area contributed by atoms with Crippen molar-refractivity contribution in [1.82, 2.24) is 14.8 Å². The number of fused-ring (bicyclic) bond motifs is 2. The van der Waals surface area contributed by atoms with Gasteiger partial charge in [0.05, 0.1) is 6.54 Å². The number of Topliss-reactive ketones (excluding diaryl/α,β-unsaturated/α-hetero) is 1. The van der Waals surface area contributed by atoms with Crippen LogP contribution >= 0.6 is 11.6 Å². The van der Waals surface area contributed by atoms with Crippen LogP contribution in [-0.2, 0) is 16.8 Å². The minimum atomic E-state index is -1.06. The molecule has 1 fully saturated rings. The zero-order valence-electron chi connectivity index (χ0n) is 17.8. The van der Waals surface area contributed by atoms with Crippen molar-refractivity contribution in [1.29, 1.82) is 0 Å². The van der Waals surface area contributed by atoms with Gasteiger partial charge in [-0.3, -0.25) is 14.5 Å². The Labute approximate surface area is 190 Å². The normalized spacial score (nSPS) is 19.5. The van der Waals surface area contributed by atoms with E-state index in [-0.39, 0.29) is 18.2 Å². The fraction of sp³-hybridized carbons (Fsp3) is 0.240. The van der Waals surface area contributed by atoms with Gasteiger partial charge in [0.15, 0.2) is 5.78 Å². The van der Waals surface area contributed by atoms with E-state index in [9.17, 15) is 14.4 Å². The lowest BCUT2D eigenvalue weighted by molar-refractivity contribution is -0.131. The minimum Gasteiger partial charge on any atom is -0.319 e. The second kappa shape index (κ2) is 7.35. The van der Waals surface area contributed by atoms with Gasteiger partial charge in [-0.25, -0.2) is 4.79 Å². The molecule has 2 aromatic carbocycles. The van der Waals surface area contributed by atoms with E-state index < -0.39 is 11.6 Å². The molecular formula is C25H22ClN3O3. The average Bonchev–Trinajstić information content (AvgIpc) is 3.36. The van der Waals surface area contributed by atoms with Crippen molar-refractivity contribution >= 4 is 29.3 Å². The van der Waals surface area contributed by atoms with Crippen LogP contribution in [0.2, 0.25) is 5.02 Å². The van der Waals surface area contributed by atoms with E-state index in [0.29, 0.717) is 23.4 Å². The summed E-state index contributed by atoms with van der Waals surface area (Å²) in [6, 6.07) is 16.3. The Morgan fingerprint density at radius 2 is 1.88 bits per heavy atom. The maximum Gasteiger partial charge on any atom is 0.325 e. The molecule has 1 N–H and O–H groups in total. The largest absolute Gasteiger partial charge is 0.325 e. The molecule has 3 amide bonds. The molecule has 5 rings (SSSR count). The van der Waals surface area contributed by atoms with Gasteiger partial charge in [0.2, 0.25) is 0 Å². The van der Waals surface area contributed by atoms with Gasteiger partial charge >= 0.3 is 6.03 Å². The van der Waals surface area contributed by atoms with Crippen LogP contribution in [0.1, 0.15) is 39.3 Å². The van der Waals surface area contributed by atoms with Gasteiger partial charge < -0.3 is 9.88 Å². The zero-order valence-corrected chi connectivity index (χ0v) is 18.6. The first-order chi connectivity index (χ1) is 15.3. The van der Waals surface area contributed by atoms with Crippen LogP contribution in [0.5, 0.6) is 0 Å². The molecule has 32 heavy (non-hydrogen) atoms. The van der Waals surface area contributed by atoms with Gasteiger partial charge in [0.25, 0.3) is 5.91 Å². The molecule has 2 aliphatic rings. The lowest BCUT2D eigenvalue weighted by Gasteiger charge is -2.22. The number of carbonyl (C=O) groups excluding carboxylic acids is 3. The molecule has 0 unspecified atom stereocenters. The maximum absolute atomic E-state index is 13.4. The number of imide groups is 1. The van der Waals surface area contributed by atoms with Crippen molar-refractivity contribution in [3.8, 4) is 5.69 Å². The van der Waals surface area contributed by atoms with Crippen molar-refractivity contribution < 1.29 is 14.4 Å². The number of amides is 3. The number of hydrogen-bond donors (Lipinski definition) is 1. The van der Waals surface area contributed by atoms with Gasteiger partial charge in [-0.15, -0.1) is 0 Å². The molecule has 1 aliphatic carbocycles. The zero-order chi connectivity index (χ0) is 22.6. The molecular weight excluding hydrogens is 426 g/mol. The van der Waals surface area contributed by atoms with Crippen LogP contribution in [0.15, 0.2) is 54.6 Å². The number of benzene rings is 2. The molecule has 1 spiro atoms. The molecule has 0 radical (unpaired) electrons. The summed E-state index contributed by atoms with van der Waals surface area (Å²) in [4.78, 5) is 40.4. The van der Waals surface area contributed by atoms with Crippen LogP contribution in [0.4, 0.5) is 4.79 Å². The molecule has 2 heterocycles. The third-order valence-corrected chi connectivity index (χ3v) is 6.76. The Balaban J connectivity index is 1.44. The van der Waals surface area contributed by atoms with Crippen molar-refractivity contribution in [2.75, 3.05) is 6.54 Å². The number of ketones is 1. The molecule has 7 heteroatoms. The number of rotatable bonds is 4. The fourth-order valence-corrected chi connectivity index (χ4v) is 5.20. The second-order valence-corrected chi connectivity index (χ2v) is 8.84. The number of aromatic nitrogens is 1. The van der Waals surface area contributed by atoms with Crippen LogP contribution < -0.4 is 5.32 Å². The molecule has 1 atom stereocenters. The monoisotopic (exact) mass is 447 g/mol. The van der Waals surface area contributed by atoms with E-state index in [2.05, 4.69) is 5.32 Å². The summed E-state index contributed by atoms with van der Waals surface area (Å²) in [5.41, 5.74) is 3.76. The highest BCUT2D eigenvalue weighted by Crippen LogP contribution is 2.41. The third kappa shape index (κ3) is 2.98. The fourth-order valence-electron chi connectivity index (χ4n) is 5.02. The lowest BCUT2D eigenvalue weighted by Crippen LogP contribution is -2.42. The summed E-state index contributed by atoms with van der Waals surface area (Å²) in [6.45, 7) is 3.46. The van der Waals surface area contributed by atoms with E-state index in [4.69, 9.17) is 11.6 Å². The predicted molar refractivity (Wildman–Crippen MR) is 121 cm³/mol. The molecule has 1 saturated heterocycles. The Hall–Kier alpha value is -3.38. The van der Waals surface area contributed by atoms with E-state index in [0.717, 1.165) is 33.1 Å². The van der Waals surface area contributed by atoms with Crippen LogP contribution in [-0.4, -0.2) is 33.7 Å². The number of urea groups is 1. The van der Waals surface area contributed by atoms with Gasteiger partial charge in [-0.1, -0.05) is 41.9 Å². The first kappa shape index (κ1) is 20.5. The molecule has 0 saturated carbocycles. The molecule has 1 aliphatic heterocycles. The summed E-state index contributed by atoms with van der Waals surface area (Å²) in [6.07, 6.45) is 1.22. The number of hydrogen-bond acceptors (Lipinski definition) is 3. The van der Waals surface area contributed by atoms with Gasteiger partial charge in [0.1, 0.15) is 5.54 Å². The summed E-state index contributed by atoms with van der Waals surface area (Å²) in [5, 5.41) is 3.47. The molecule has 0 bridgehead atoms. The summed E-state index contributed by atoms with van der Waals surface area (Å²) in [7, 11) is 0. The van der Waals surface area contributed by atoms with E-state index >= 15 is 0 Å². The molecule has 6 nitrogen and oxygen atoms in total. The number of nitrogens with zero attached hydrogens (tertiary/aromatic N) is 2. The summed E-state index contributed by atoms with van der Waals surface area (Å²) < 4.78 is 1.94. The highest BCUT2D eigenvalue weighted by atomic mass is 35.5. The van der Waals surface area contributed by atoms with Gasteiger partial charge in [-0.05, 0) is 62.1 Å². The van der Waals surface area contributed by atoms with Crippen LogP contribution in [0, 0.1) is 13.8 Å². The summed E-state index contributed by atoms with van der Waals surface area (Å²) >= 11 is 6.14. The predicted octanol–water partition coefficient (Wildman–Crippen LogP) is 4.32.